The van der Waals surface area contributed by atoms with Gasteiger partial charge in [-0.2, -0.15) is 0 Å². The molecule has 0 unspecified atom stereocenters. The molecule has 0 spiro atoms. The Bertz CT molecular complexity index is 1060. The number of halogens is 1. The minimum atomic E-state index is -0.583. The van der Waals surface area contributed by atoms with Crippen LogP contribution < -0.4 is 15.4 Å². The molecule has 0 saturated carbocycles. The number of aryl methyl sites for hydroxylation is 1. The van der Waals surface area contributed by atoms with E-state index in [1.165, 1.54) is 0 Å². The Morgan fingerprint density at radius 2 is 1.84 bits per heavy atom. The molecule has 3 aromatic rings. The Morgan fingerprint density at radius 1 is 1.06 bits per heavy atom. The largest absolute Gasteiger partial charge is 0.414 e. The smallest absolute Gasteiger partial charge is 0.389 e. The van der Waals surface area contributed by atoms with Gasteiger partial charge in [-0.15, -0.1) is 0 Å². The van der Waals surface area contributed by atoms with Crippen LogP contribution in [0.15, 0.2) is 54.6 Å². The van der Waals surface area contributed by atoms with E-state index in [0.29, 0.717) is 28.8 Å². The number of carbonyl (C=O) groups excluding carboxylic acids is 2. The average Bonchev–Trinajstić information content (AvgIpc) is 3.15. The lowest BCUT2D eigenvalue weighted by Gasteiger charge is -2.16. The molecule has 1 amide bonds. The van der Waals surface area contributed by atoms with E-state index in [0.717, 1.165) is 37.2 Å². The maximum atomic E-state index is 12.5. The predicted molar refractivity (Wildman–Crippen MR) is 119 cm³/mol. The number of nitrogens with zero attached hydrogens (tertiary/aromatic N) is 2. The summed E-state index contributed by atoms with van der Waals surface area (Å²) in [6.45, 7) is 1.09. The van der Waals surface area contributed by atoms with E-state index < -0.39 is 6.09 Å². The number of ketones is 1. The molecule has 160 valence electrons. The summed E-state index contributed by atoms with van der Waals surface area (Å²) in [6.07, 6.45) is 2.23. The van der Waals surface area contributed by atoms with Gasteiger partial charge in [-0.05, 0) is 30.5 Å². The SMILES string of the molecule is O=C(NCc1ccc(Cl)cc1)Oc1c(NCC(=O)c2ccccc2)nc2n1CCCC2. The Balaban J connectivity index is 1.44. The number of anilines is 1. The highest BCUT2D eigenvalue weighted by Gasteiger charge is 2.23. The normalized spacial score (nSPS) is 12.7. The third kappa shape index (κ3) is 5.24. The van der Waals surface area contributed by atoms with Crippen molar-refractivity contribution in [3.8, 4) is 5.88 Å². The molecule has 0 fully saturated rings. The van der Waals surface area contributed by atoms with Gasteiger partial charge >= 0.3 is 6.09 Å². The molecule has 2 N–H and O–H groups in total. The van der Waals surface area contributed by atoms with Crippen molar-refractivity contribution in [1.29, 1.82) is 0 Å². The Labute approximate surface area is 185 Å². The number of hydrogen-bond acceptors (Lipinski definition) is 5. The molecule has 1 aromatic heterocycles. The van der Waals surface area contributed by atoms with E-state index in [1.807, 2.05) is 34.9 Å². The molecule has 0 atom stereocenters. The van der Waals surface area contributed by atoms with Crippen LogP contribution in [0.3, 0.4) is 0 Å². The molecular formula is C23H23ClN4O3. The van der Waals surface area contributed by atoms with Crippen molar-refractivity contribution in [3.63, 3.8) is 0 Å². The van der Waals surface area contributed by atoms with Crippen molar-refractivity contribution < 1.29 is 14.3 Å². The lowest BCUT2D eigenvalue weighted by atomic mass is 10.1. The lowest BCUT2D eigenvalue weighted by Crippen LogP contribution is -2.28. The van der Waals surface area contributed by atoms with E-state index >= 15 is 0 Å². The summed E-state index contributed by atoms with van der Waals surface area (Å²) in [5.41, 5.74) is 1.52. The van der Waals surface area contributed by atoms with E-state index in [2.05, 4.69) is 15.6 Å². The predicted octanol–water partition coefficient (Wildman–Crippen LogP) is 4.46. The summed E-state index contributed by atoms with van der Waals surface area (Å²) in [7, 11) is 0. The molecule has 7 nitrogen and oxygen atoms in total. The van der Waals surface area contributed by atoms with E-state index in [4.69, 9.17) is 16.3 Å². The highest BCUT2D eigenvalue weighted by molar-refractivity contribution is 6.30. The number of nitrogens with one attached hydrogen (secondary N) is 2. The fourth-order valence-electron chi connectivity index (χ4n) is 3.47. The zero-order chi connectivity index (χ0) is 21.6. The average molecular weight is 439 g/mol. The van der Waals surface area contributed by atoms with Gasteiger partial charge in [-0.3, -0.25) is 9.36 Å². The van der Waals surface area contributed by atoms with Gasteiger partial charge in [0.05, 0.1) is 6.54 Å². The van der Waals surface area contributed by atoms with Crippen molar-refractivity contribution in [3.05, 3.63) is 76.6 Å². The second kappa shape index (κ2) is 9.66. The van der Waals surface area contributed by atoms with Crippen LogP contribution in [0.5, 0.6) is 5.88 Å². The summed E-state index contributed by atoms with van der Waals surface area (Å²) >= 11 is 5.89. The summed E-state index contributed by atoms with van der Waals surface area (Å²) in [4.78, 5) is 29.5. The van der Waals surface area contributed by atoms with Crippen molar-refractivity contribution in [2.45, 2.75) is 32.4 Å². The number of hydrogen-bond donors (Lipinski definition) is 2. The highest BCUT2D eigenvalue weighted by Crippen LogP contribution is 2.30. The number of amides is 1. The number of Topliss-reactive ketones (excluding diaryl/α,β-unsaturated/α-hetero) is 1. The van der Waals surface area contributed by atoms with Gasteiger partial charge in [-0.25, -0.2) is 9.78 Å². The van der Waals surface area contributed by atoms with Gasteiger partial charge in [0, 0.05) is 30.1 Å². The minimum Gasteiger partial charge on any atom is -0.389 e. The number of rotatable bonds is 7. The number of carbonyl (C=O) groups is 2. The zero-order valence-electron chi connectivity index (χ0n) is 16.9. The first kappa shape index (κ1) is 20.9. The molecule has 1 aliphatic rings. The van der Waals surface area contributed by atoms with Gasteiger partial charge in [0.25, 0.3) is 0 Å². The number of aromatic nitrogens is 2. The first-order valence-electron chi connectivity index (χ1n) is 10.2. The van der Waals surface area contributed by atoms with Gasteiger partial charge in [0.15, 0.2) is 11.6 Å². The van der Waals surface area contributed by atoms with Gasteiger partial charge in [-0.1, -0.05) is 54.1 Å². The van der Waals surface area contributed by atoms with Crippen molar-refractivity contribution in [1.82, 2.24) is 14.9 Å². The molecule has 31 heavy (non-hydrogen) atoms. The summed E-state index contributed by atoms with van der Waals surface area (Å²) < 4.78 is 7.52. The van der Waals surface area contributed by atoms with E-state index in [-0.39, 0.29) is 12.3 Å². The van der Waals surface area contributed by atoms with E-state index in [1.54, 1.807) is 24.3 Å². The van der Waals surface area contributed by atoms with Crippen molar-refractivity contribution in [2.24, 2.45) is 0 Å². The first-order chi connectivity index (χ1) is 15.1. The maximum Gasteiger partial charge on any atom is 0.414 e. The second-order valence-electron chi connectivity index (χ2n) is 7.30. The fraction of sp³-hybridized carbons (Fsp3) is 0.261. The number of fused-ring (bicyclic) bond motifs is 1. The first-order valence-corrected chi connectivity index (χ1v) is 10.6. The highest BCUT2D eigenvalue weighted by atomic mass is 35.5. The van der Waals surface area contributed by atoms with Gasteiger partial charge in [0.1, 0.15) is 5.82 Å². The molecule has 0 radical (unpaired) electrons. The van der Waals surface area contributed by atoms with Gasteiger partial charge < -0.3 is 15.4 Å². The molecule has 2 heterocycles. The molecule has 4 rings (SSSR count). The molecule has 0 bridgehead atoms. The Morgan fingerprint density at radius 3 is 2.61 bits per heavy atom. The van der Waals surface area contributed by atoms with Crippen LogP contribution in [0.25, 0.3) is 0 Å². The third-order valence-electron chi connectivity index (χ3n) is 5.08. The van der Waals surface area contributed by atoms with E-state index in [9.17, 15) is 9.59 Å². The fourth-order valence-corrected chi connectivity index (χ4v) is 3.59. The number of ether oxygens (including phenoxy) is 1. The summed E-state index contributed by atoms with van der Waals surface area (Å²) in [6, 6.07) is 16.3. The van der Waals surface area contributed by atoms with Crippen LogP contribution in [0, 0.1) is 0 Å². The second-order valence-corrected chi connectivity index (χ2v) is 7.74. The van der Waals surface area contributed by atoms with Crippen LogP contribution >= 0.6 is 11.6 Å². The quantitative estimate of drug-likeness (QED) is 0.532. The van der Waals surface area contributed by atoms with Gasteiger partial charge in [0.2, 0.25) is 5.88 Å². The van der Waals surface area contributed by atoms with Crippen molar-refractivity contribution in [2.75, 3.05) is 11.9 Å². The summed E-state index contributed by atoms with van der Waals surface area (Å²) in [5.74, 6) is 1.53. The summed E-state index contributed by atoms with van der Waals surface area (Å²) in [5, 5.41) is 6.43. The van der Waals surface area contributed by atoms with Crippen molar-refractivity contribution >= 4 is 29.3 Å². The minimum absolute atomic E-state index is 0.0588. The molecule has 0 saturated heterocycles. The van der Waals surface area contributed by atoms with Crippen LogP contribution in [0.2, 0.25) is 5.02 Å². The maximum absolute atomic E-state index is 12.5. The molecule has 0 aliphatic carbocycles. The molecular weight excluding hydrogens is 416 g/mol. The topological polar surface area (TPSA) is 85.2 Å². The molecule has 1 aliphatic heterocycles. The Kier molecular flexibility index (Phi) is 6.52. The zero-order valence-corrected chi connectivity index (χ0v) is 17.7. The number of benzene rings is 2. The molecule has 8 heteroatoms. The lowest BCUT2D eigenvalue weighted by molar-refractivity contribution is 0.101. The number of imidazole rings is 1. The van der Waals surface area contributed by atoms with Crippen LogP contribution in [0.1, 0.15) is 34.6 Å². The van der Waals surface area contributed by atoms with Crippen LogP contribution in [0.4, 0.5) is 10.6 Å². The molecule has 2 aromatic carbocycles. The third-order valence-corrected chi connectivity index (χ3v) is 5.34. The van der Waals surface area contributed by atoms with Crippen LogP contribution in [-0.2, 0) is 19.5 Å². The standard InChI is InChI=1S/C23H23ClN4O3/c24-18-11-9-16(10-12-18)14-26-23(30)31-22-21(27-20-8-4-5-13-28(20)22)25-15-19(29)17-6-2-1-3-7-17/h1-3,6-7,9-12,25H,4-5,8,13-15H2,(H,26,30). The monoisotopic (exact) mass is 438 g/mol. The Hall–Kier alpha value is -3.32. The van der Waals surface area contributed by atoms with Crippen LogP contribution in [-0.4, -0.2) is 28.0 Å².